The average molecular weight is 483 g/mol. The molecule has 1 unspecified atom stereocenters. The van der Waals surface area contributed by atoms with Crippen molar-refractivity contribution >= 4 is 17.2 Å². The monoisotopic (exact) mass is 482 g/mol. The molecular weight excluding hydrogens is 456 g/mol. The van der Waals surface area contributed by atoms with Crippen LogP contribution in [0.2, 0.25) is 0 Å². The molecule has 0 saturated carbocycles. The Balaban J connectivity index is 1.25. The van der Waals surface area contributed by atoms with Crippen LogP contribution in [0.3, 0.4) is 0 Å². The highest BCUT2D eigenvalue weighted by Crippen LogP contribution is 2.29. The van der Waals surface area contributed by atoms with Crippen LogP contribution in [0.5, 0.6) is 0 Å². The molecule has 6 rings (SSSR count). The Hall–Kier alpha value is -4.30. The molecule has 4 aromatic heterocycles. The summed E-state index contributed by atoms with van der Waals surface area (Å²) in [6, 6.07) is 6.17. The van der Waals surface area contributed by atoms with Crippen LogP contribution in [-0.4, -0.2) is 79.4 Å². The third-order valence-electron chi connectivity index (χ3n) is 6.96. The largest absolute Gasteiger partial charge is 0.353 e. The summed E-state index contributed by atoms with van der Waals surface area (Å²) in [5.41, 5.74) is 4.12. The summed E-state index contributed by atoms with van der Waals surface area (Å²) in [6.45, 7) is 4.62. The highest BCUT2D eigenvalue weighted by Gasteiger charge is 2.29. The SMILES string of the molecule is Cn1cc(-c2cn3ncc(C#N)c3c(-c3ccc(N4CCN(C(=O)C5CCNC5)CC4)nc3)n2)cn1. The number of nitrogens with one attached hydrogen (secondary N) is 1. The van der Waals surface area contributed by atoms with E-state index in [-0.39, 0.29) is 11.8 Å². The number of aromatic nitrogens is 6. The first-order valence-electron chi connectivity index (χ1n) is 12.1. The Morgan fingerprint density at radius 2 is 1.94 bits per heavy atom. The number of amides is 1. The second-order valence-corrected chi connectivity index (χ2v) is 9.25. The summed E-state index contributed by atoms with van der Waals surface area (Å²) >= 11 is 0. The van der Waals surface area contributed by atoms with E-state index in [4.69, 9.17) is 9.97 Å². The van der Waals surface area contributed by atoms with E-state index in [1.54, 1.807) is 34.0 Å². The van der Waals surface area contributed by atoms with Crippen molar-refractivity contribution in [3.05, 3.63) is 48.7 Å². The normalized spacial score (nSPS) is 18.1. The van der Waals surface area contributed by atoms with Gasteiger partial charge in [0.1, 0.15) is 23.0 Å². The van der Waals surface area contributed by atoms with Crippen molar-refractivity contribution in [3.8, 4) is 28.6 Å². The van der Waals surface area contributed by atoms with Gasteiger partial charge in [-0.05, 0) is 25.1 Å². The lowest BCUT2D eigenvalue weighted by atomic mass is 10.1. The first-order chi connectivity index (χ1) is 17.6. The number of nitrogens with zero attached hydrogens (tertiary/aromatic N) is 9. The molecule has 2 fully saturated rings. The minimum absolute atomic E-state index is 0.113. The molecule has 2 saturated heterocycles. The van der Waals surface area contributed by atoms with E-state index in [0.29, 0.717) is 35.6 Å². The number of hydrogen-bond acceptors (Lipinski definition) is 8. The van der Waals surface area contributed by atoms with E-state index in [2.05, 4.69) is 26.5 Å². The molecule has 0 bridgehead atoms. The fourth-order valence-electron chi connectivity index (χ4n) is 4.98. The molecule has 2 aliphatic rings. The van der Waals surface area contributed by atoms with Gasteiger partial charge in [0.2, 0.25) is 5.91 Å². The summed E-state index contributed by atoms with van der Waals surface area (Å²) < 4.78 is 3.41. The van der Waals surface area contributed by atoms with Crippen molar-refractivity contribution in [2.24, 2.45) is 13.0 Å². The molecule has 11 nitrogen and oxygen atoms in total. The molecule has 1 amide bonds. The van der Waals surface area contributed by atoms with Gasteiger partial charge in [0.15, 0.2) is 0 Å². The van der Waals surface area contributed by atoms with Crippen LogP contribution in [0.25, 0.3) is 28.0 Å². The Bertz CT molecular complexity index is 1450. The van der Waals surface area contributed by atoms with Crippen molar-refractivity contribution in [2.45, 2.75) is 6.42 Å². The molecule has 4 aromatic rings. The molecule has 0 aromatic carbocycles. The topological polar surface area (TPSA) is 120 Å². The van der Waals surface area contributed by atoms with Gasteiger partial charge in [-0.1, -0.05) is 0 Å². The van der Waals surface area contributed by atoms with Gasteiger partial charge in [-0.25, -0.2) is 14.5 Å². The van der Waals surface area contributed by atoms with Crippen LogP contribution in [-0.2, 0) is 11.8 Å². The lowest BCUT2D eigenvalue weighted by Crippen LogP contribution is -2.50. The first-order valence-corrected chi connectivity index (χ1v) is 12.1. The van der Waals surface area contributed by atoms with Crippen LogP contribution >= 0.6 is 0 Å². The smallest absolute Gasteiger partial charge is 0.227 e. The van der Waals surface area contributed by atoms with E-state index >= 15 is 0 Å². The number of rotatable bonds is 4. The zero-order valence-corrected chi connectivity index (χ0v) is 20.0. The van der Waals surface area contributed by atoms with Gasteiger partial charge in [-0.3, -0.25) is 9.48 Å². The van der Waals surface area contributed by atoms with Crippen molar-refractivity contribution < 1.29 is 4.79 Å². The number of anilines is 1. The Kier molecular flexibility index (Phi) is 5.58. The third kappa shape index (κ3) is 3.95. The average Bonchev–Trinajstić information content (AvgIpc) is 3.69. The molecule has 0 spiro atoms. The van der Waals surface area contributed by atoms with Gasteiger partial charge in [0, 0.05) is 63.3 Å². The van der Waals surface area contributed by atoms with E-state index in [0.717, 1.165) is 49.5 Å². The lowest BCUT2D eigenvalue weighted by Gasteiger charge is -2.36. The fourth-order valence-corrected chi connectivity index (χ4v) is 4.98. The van der Waals surface area contributed by atoms with Crippen LogP contribution in [0, 0.1) is 17.2 Å². The number of hydrogen-bond donors (Lipinski definition) is 1. The number of fused-ring (bicyclic) bond motifs is 1. The fraction of sp³-hybridized carbons (Fsp3) is 0.360. The lowest BCUT2D eigenvalue weighted by molar-refractivity contribution is -0.135. The van der Waals surface area contributed by atoms with E-state index in [1.807, 2.05) is 30.3 Å². The maximum Gasteiger partial charge on any atom is 0.227 e. The molecule has 0 aliphatic carbocycles. The van der Waals surface area contributed by atoms with Crippen molar-refractivity contribution in [2.75, 3.05) is 44.2 Å². The second kappa shape index (κ2) is 9.05. The Labute approximate surface area is 208 Å². The second-order valence-electron chi connectivity index (χ2n) is 9.25. The van der Waals surface area contributed by atoms with Gasteiger partial charge in [0.25, 0.3) is 0 Å². The molecular formula is C25H26N10O. The number of piperazine rings is 1. The van der Waals surface area contributed by atoms with Gasteiger partial charge < -0.3 is 15.1 Å². The van der Waals surface area contributed by atoms with Crippen molar-refractivity contribution in [1.82, 2.24) is 39.6 Å². The summed E-state index contributed by atoms with van der Waals surface area (Å²) in [5, 5.41) is 21.5. The molecule has 6 heterocycles. The molecule has 182 valence electrons. The number of pyridine rings is 1. The highest BCUT2D eigenvalue weighted by atomic mass is 16.2. The number of carbonyl (C=O) groups excluding carboxylic acids is 1. The van der Waals surface area contributed by atoms with Crippen LogP contribution < -0.4 is 10.2 Å². The van der Waals surface area contributed by atoms with Crippen molar-refractivity contribution in [1.29, 1.82) is 5.26 Å². The summed E-state index contributed by atoms with van der Waals surface area (Å²) in [6.07, 6.45) is 9.72. The minimum Gasteiger partial charge on any atom is -0.353 e. The summed E-state index contributed by atoms with van der Waals surface area (Å²) in [5.74, 6) is 1.24. The van der Waals surface area contributed by atoms with Gasteiger partial charge >= 0.3 is 0 Å². The zero-order valence-electron chi connectivity index (χ0n) is 20.0. The molecule has 11 heteroatoms. The molecule has 2 aliphatic heterocycles. The summed E-state index contributed by atoms with van der Waals surface area (Å²) in [7, 11) is 1.86. The maximum absolute atomic E-state index is 12.7. The predicted molar refractivity (Wildman–Crippen MR) is 133 cm³/mol. The van der Waals surface area contributed by atoms with Crippen LogP contribution in [0.15, 0.2) is 43.1 Å². The zero-order chi connectivity index (χ0) is 24.6. The van der Waals surface area contributed by atoms with Crippen LogP contribution in [0.1, 0.15) is 12.0 Å². The summed E-state index contributed by atoms with van der Waals surface area (Å²) in [4.78, 5) is 26.5. The quantitative estimate of drug-likeness (QED) is 0.463. The molecule has 0 radical (unpaired) electrons. The first kappa shape index (κ1) is 22.2. The van der Waals surface area contributed by atoms with Gasteiger partial charge in [-0.2, -0.15) is 15.5 Å². The van der Waals surface area contributed by atoms with Gasteiger partial charge in [0.05, 0.1) is 35.9 Å². The highest BCUT2D eigenvalue weighted by molar-refractivity contribution is 5.83. The molecule has 1 N–H and O–H groups in total. The van der Waals surface area contributed by atoms with Crippen LogP contribution in [0.4, 0.5) is 5.82 Å². The number of carbonyl (C=O) groups is 1. The number of aryl methyl sites for hydroxylation is 1. The minimum atomic E-state index is 0.113. The van der Waals surface area contributed by atoms with E-state index < -0.39 is 0 Å². The number of nitriles is 1. The standard InChI is InChI=1S/C25H26N10O/c1-32-15-20(14-29-32)21-16-35-24(19(10-26)13-30-35)23(31-21)17-2-3-22(28-12-17)33-6-8-34(9-7-33)25(36)18-4-5-27-11-18/h2-3,12-16,18,27H,4-9,11H2,1H3. The third-order valence-corrected chi connectivity index (χ3v) is 6.96. The Morgan fingerprint density at radius 1 is 1.08 bits per heavy atom. The van der Waals surface area contributed by atoms with Crippen molar-refractivity contribution in [3.63, 3.8) is 0 Å². The predicted octanol–water partition coefficient (Wildman–Crippen LogP) is 1.32. The van der Waals surface area contributed by atoms with Gasteiger partial charge in [-0.15, -0.1) is 0 Å². The molecule has 1 atom stereocenters. The van der Waals surface area contributed by atoms with E-state index in [1.165, 1.54) is 0 Å². The molecule has 36 heavy (non-hydrogen) atoms. The van der Waals surface area contributed by atoms with E-state index in [9.17, 15) is 10.1 Å². The maximum atomic E-state index is 12.7. The Morgan fingerprint density at radius 3 is 2.61 bits per heavy atom.